The van der Waals surface area contributed by atoms with Gasteiger partial charge in [0.05, 0.1) is 36.4 Å². The molecule has 0 aliphatic carbocycles. The zero-order chi connectivity index (χ0) is 22.9. The van der Waals surface area contributed by atoms with Gasteiger partial charge in [-0.1, -0.05) is 18.2 Å². The standard InChI is InChI=1S/C24H31N3O4/c1-14-12-20(30-6)18(22(28)26-14)13-25-23(29)21-15(2)27(16(3)24(4,5)31-7)19-11-9-8-10-17(19)21/h8-12,16H,13H2,1-7H3,(H,25,29)(H,26,28). The molecular formula is C24H31N3O4. The molecule has 166 valence electrons. The number of fused-ring (bicyclic) bond motifs is 1. The van der Waals surface area contributed by atoms with E-state index in [1.165, 1.54) is 7.11 Å². The minimum absolute atomic E-state index is 0.0102. The second-order valence-corrected chi connectivity index (χ2v) is 8.34. The van der Waals surface area contributed by atoms with Crippen molar-refractivity contribution in [1.29, 1.82) is 0 Å². The maximum absolute atomic E-state index is 13.3. The van der Waals surface area contributed by atoms with Gasteiger partial charge in [0.15, 0.2) is 0 Å². The molecule has 2 N–H and O–H groups in total. The van der Waals surface area contributed by atoms with Crippen molar-refractivity contribution in [2.75, 3.05) is 14.2 Å². The highest BCUT2D eigenvalue weighted by Crippen LogP contribution is 2.34. The van der Waals surface area contributed by atoms with Crippen LogP contribution in [0.4, 0.5) is 0 Å². The van der Waals surface area contributed by atoms with Crippen LogP contribution in [0.25, 0.3) is 10.9 Å². The number of carbonyl (C=O) groups excluding carboxylic acids is 1. The summed E-state index contributed by atoms with van der Waals surface area (Å²) in [6, 6.07) is 9.57. The Balaban J connectivity index is 2.02. The largest absolute Gasteiger partial charge is 0.496 e. The highest BCUT2D eigenvalue weighted by Gasteiger charge is 2.31. The lowest BCUT2D eigenvalue weighted by molar-refractivity contribution is -0.0158. The van der Waals surface area contributed by atoms with E-state index in [-0.39, 0.29) is 24.1 Å². The van der Waals surface area contributed by atoms with E-state index in [2.05, 4.69) is 21.8 Å². The Hall–Kier alpha value is -3.06. The highest BCUT2D eigenvalue weighted by molar-refractivity contribution is 6.08. The summed E-state index contributed by atoms with van der Waals surface area (Å²) in [5.41, 5.74) is 2.80. The van der Waals surface area contributed by atoms with Gasteiger partial charge in [-0.05, 0) is 46.8 Å². The number of nitrogens with one attached hydrogen (secondary N) is 2. The Kier molecular flexibility index (Phi) is 6.27. The molecule has 31 heavy (non-hydrogen) atoms. The van der Waals surface area contributed by atoms with E-state index in [1.807, 2.05) is 45.0 Å². The average Bonchev–Trinajstić information content (AvgIpc) is 3.03. The van der Waals surface area contributed by atoms with Gasteiger partial charge in [-0.15, -0.1) is 0 Å². The number of H-pyrrole nitrogens is 1. The van der Waals surface area contributed by atoms with E-state index in [0.29, 0.717) is 22.6 Å². The van der Waals surface area contributed by atoms with Gasteiger partial charge in [0, 0.05) is 29.4 Å². The van der Waals surface area contributed by atoms with Gasteiger partial charge in [0.2, 0.25) is 0 Å². The quantitative estimate of drug-likeness (QED) is 0.602. The van der Waals surface area contributed by atoms with Crippen LogP contribution in [0.2, 0.25) is 0 Å². The second-order valence-electron chi connectivity index (χ2n) is 8.34. The summed E-state index contributed by atoms with van der Waals surface area (Å²) >= 11 is 0. The minimum atomic E-state index is -0.428. The molecule has 0 bridgehead atoms. The van der Waals surface area contributed by atoms with Gasteiger partial charge in [-0.25, -0.2) is 0 Å². The normalized spacial score (nSPS) is 12.7. The summed E-state index contributed by atoms with van der Waals surface area (Å²) < 4.78 is 13.2. The van der Waals surface area contributed by atoms with Crippen molar-refractivity contribution in [1.82, 2.24) is 14.9 Å². The molecular weight excluding hydrogens is 394 g/mol. The first-order valence-electron chi connectivity index (χ1n) is 10.3. The molecule has 1 unspecified atom stereocenters. The lowest BCUT2D eigenvalue weighted by Crippen LogP contribution is -2.34. The smallest absolute Gasteiger partial charge is 0.256 e. The van der Waals surface area contributed by atoms with E-state index in [4.69, 9.17) is 9.47 Å². The number of aromatic amines is 1. The zero-order valence-corrected chi connectivity index (χ0v) is 19.3. The van der Waals surface area contributed by atoms with Crippen molar-refractivity contribution in [2.45, 2.75) is 52.8 Å². The number of rotatable bonds is 7. The summed E-state index contributed by atoms with van der Waals surface area (Å²) in [7, 11) is 3.20. The third kappa shape index (κ3) is 4.10. The maximum atomic E-state index is 13.3. The predicted octanol–water partition coefficient (Wildman–Crippen LogP) is 3.87. The van der Waals surface area contributed by atoms with Crippen LogP contribution in [0.3, 0.4) is 0 Å². The molecule has 2 heterocycles. The SMILES string of the molecule is COc1cc(C)[nH]c(=O)c1CNC(=O)c1c(C)n(C(C)C(C)(C)OC)c2ccccc12. The number of carbonyl (C=O) groups is 1. The van der Waals surface area contributed by atoms with Gasteiger partial charge in [-0.2, -0.15) is 0 Å². The summed E-state index contributed by atoms with van der Waals surface area (Å²) in [6.45, 7) is 9.93. The number of nitrogens with zero attached hydrogens (tertiary/aromatic N) is 1. The van der Waals surface area contributed by atoms with Gasteiger partial charge < -0.3 is 24.3 Å². The molecule has 0 aliphatic rings. The van der Waals surface area contributed by atoms with Crippen molar-refractivity contribution in [2.24, 2.45) is 0 Å². The molecule has 0 aliphatic heterocycles. The number of pyridine rings is 1. The number of aryl methyl sites for hydroxylation is 1. The van der Waals surface area contributed by atoms with Crippen LogP contribution >= 0.6 is 0 Å². The number of para-hydroxylation sites is 1. The van der Waals surface area contributed by atoms with Crippen molar-refractivity contribution >= 4 is 16.8 Å². The first kappa shape index (κ1) is 22.6. The molecule has 3 aromatic rings. The second kappa shape index (κ2) is 8.59. The summed E-state index contributed by atoms with van der Waals surface area (Å²) in [4.78, 5) is 28.4. The first-order chi connectivity index (χ1) is 14.6. The topological polar surface area (TPSA) is 85.4 Å². The third-order valence-electron chi connectivity index (χ3n) is 6.18. The van der Waals surface area contributed by atoms with Crippen molar-refractivity contribution in [3.05, 3.63) is 63.2 Å². The van der Waals surface area contributed by atoms with Crippen LogP contribution in [0.5, 0.6) is 5.75 Å². The molecule has 1 aromatic carbocycles. The lowest BCUT2D eigenvalue weighted by Gasteiger charge is -2.33. The van der Waals surface area contributed by atoms with E-state index in [9.17, 15) is 9.59 Å². The molecule has 0 radical (unpaired) electrons. The van der Waals surface area contributed by atoms with Gasteiger partial charge in [0.1, 0.15) is 5.75 Å². The average molecular weight is 426 g/mol. The van der Waals surface area contributed by atoms with E-state index in [1.54, 1.807) is 20.1 Å². The van der Waals surface area contributed by atoms with E-state index >= 15 is 0 Å². The van der Waals surface area contributed by atoms with Crippen molar-refractivity contribution < 1.29 is 14.3 Å². The Morgan fingerprint density at radius 3 is 2.55 bits per heavy atom. The fourth-order valence-corrected chi connectivity index (χ4v) is 3.95. The Morgan fingerprint density at radius 1 is 1.23 bits per heavy atom. The van der Waals surface area contributed by atoms with Crippen LogP contribution in [-0.2, 0) is 11.3 Å². The molecule has 1 atom stereocenters. The van der Waals surface area contributed by atoms with Gasteiger partial charge >= 0.3 is 0 Å². The molecule has 0 fully saturated rings. The van der Waals surface area contributed by atoms with Crippen LogP contribution < -0.4 is 15.6 Å². The fraction of sp³-hybridized carbons (Fsp3) is 0.417. The fourth-order valence-electron chi connectivity index (χ4n) is 3.95. The maximum Gasteiger partial charge on any atom is 0.256 e. The Labute approximate surface area is 182 Å². The molecule has 2 aromatic heterocycles. The third-order valence-corrected chi connectivity index (χ3v) is 6.18. The lowest BCUT2D eigenvalue weighted by atomic mass is 9.99. The van der Waals surface area contributed by atoms with Crippen molar-refractivity contribution in [3.63, 3.8) is 0 Å². The number of methoxy groups -OCH3 is 2. The highest BCUT2D eigenvalue weighted by atomic mass is 16.5. The van der Waals surface area contributed by atoms with Crippen LogP contribution in [0.15, 0.2) is 35.1 Å². The summed E-state index contributed by atoms with van der Waals surface area (Å²) in [6.07, 6.45) is 0. The molecule has 7 heteroatoms. The van der Waals surface area contributed by atoms with Gasteiger partial charge in [0.25, 0.3) is 11.5 Å². The van der Waals surface area contributed by atoms with Crippen LogP contribution in [0, 0.1) is 13.8 Å². The van der Waals surface area contributed by atoms with Crippen LogP contribution in [-0.4, -0.2) is 35.3 Å². The van der Waals surface area contributed by atoms with Crippen molar-refractivity contribution in [3.8, 4) is 5.75 Å². The molecule has 0 saturated carbocycles. The number of ether oxygens (including phenoxy) is 2. The van der Waals surface area contributed by atoms with E-state index < -0.39 is 5.60 Å². The molecule has 0 saturated heterocycles. The number of hydrogen-bond acceptors (Lipinski definition) is 4. The first-order valence-corrected chi connectivity index (χ1v) is 10.3. The Morgan fingerprint density at radius 2 is 1.90 bits per heavy atom. The molecule has 1 amide bonds. The predicted molar refractivity (Wildman–Crippen MR) is 122 cm³/mol. The zero-order valence-electron chi connectivity index (χ0n) is 19.3. The van der Waals surface area contributed by atoms with Gasteiger partial charge in [-0.3, -0.25) is 9.59 Å². The van der Waals surface area contributed by atoms with Crippen LogP contribution in [0.1, 0.15) is 54.1 Å². The molecule has 3 rings (SSSR count). The number of hydrogen-bond donors (Lipinski definition) is 2. The van der Waals surface area contributed by atoms with E-state index in [0.717, 1.165) is 16.6 Å². The summed E-state index contributed by atoms with van der Waals surface area (Å²) in [5, 5.41) is 3.77. The monoisotopic (exact) mass is 425 g/mol. The summed E-state index contributed by atoms with van der Waals surface area (Å²) in [5.74, 6) is 0.216. The number of amides is 1. The minimum Gasteiger partial charge on any atom is -0.496 e. The molecule has 0 spiro atoms. The molecule has 7 nitrogen and oxygen atoms in total. The number of aromatic nitrogens is 2. The number of benzene rings is 1. The Bertz CT molecular complexity index is 1170.